The van der Waals surface area contributed by atoms with Gasteiger partial charge in [0.2, 0.25) is 5.91 Å². The van der Waals surface area contributed by atoms with Gasteiger partial charge >= 0.3 is 0 Å². The minimum absolute atomic E-state index is 0.0141. The van der Waals surface area contributed by atoms with Crippen molar-refractivity contribution in [1.82, 2.24) is 14.9 Å². The van der Waals surface area contributed by atoms with Crippen LogP contribution in [-0.4, -0.2) is 53.6 Å². The summed E-state index contributed by atoms with van der Waals surface area (Å²) < 4.78 is 5.65. The molecule has 5 rings (SSSR count). The summed E-state index contributed by atoms with van der Waals surface area (Å²) >= 11 is 6.28. The van der Waals surface area contributed by atoms with Gasteiger partial charge in [-0.2, -0.15) is 0 Å². The van der Waals surface area contributed by atoms with Gasteiger partial charge in [0, 0.05) is 42.2 Å². The number of amides is 1. The van der Waals surface area contributed by atoms with Gasteiger partial charge in [0.1, 0.15) is 12.4 Å². The maximum absolute atomic E-state index is 12.7. The zero-order valence-corrected chi connectivity index (χ0v) is 20.4. The minimum Gasteiger partial charge on any atom is -0.367 e. The number of aryl methyl sites for hydroxylation is 1. The number of hydrogen-bond donors (Lipinski definition) is 0. The summed E-state index contributed by atoms with van der Waals surface area (Å²) in [6.07, 6.45) is 0. The van der Waals surface area contributed by atoms with E-state index in [4.69, 9.17) is 26.3 Å². The van der Waals surface area contributed by atoms with Gasteiger partial charge in [-0.25, -0.2) is 9.97 Å². The van der Waals surface area contributed by atoms with Gasteiger partial charge in [-0.1, -0.05) is 71.8 Å². The molecule has 2 heterocycles. The third kappa shape index (κ3) is 5.45. The van der Waals surface area contributed by atoms with Crippen LogP contribution in [0.1, 0.15) is 11.1 Å². The van der Waals surface area contributed by atoms with E-state index in [2.05, 4.69) is 24.0 Å². The topological polar surface area (TPSA) is 58.6 Å². The summed E-state index contributed by atoms with van der Waals surface area (Å²) in [5, 5.41) is 1.60. The maximum Gasteiger partial charge on any atom is 0.248 e. The largest absolute Gasteiger partial charge is 0.367 e. The molecule has 0 spiro atoms. The van der Waals surface area contributed by atoms with Gasteiger partial charge in [0.05, 0.1) is 12.1 Å². The highest BCUT2D eigenvalue weighted by atomic mass is 35.5. The van der Waals surface area contributed by atoms with E-state index >= 15 is 0 Å². The van der Waals surface area contributed by atoms with Gasteiger partial charge in [0.25, 0.3) is 0 Å². The Morgan fingerprint density at radius 2 is 1.69 bits per heavy atom. The van der Waals surface area contributed by atoms with E-state index in [9.17, 15) is 4.79 Å². The molecule has 4 aromatic rings. The lowest BCUT2D eigenvalue weighted by Gasteiger charge is -2.36. The fourth-order valence-electron chi connectivity index (χ4n) is 4.25. The number of aromatic nitrogens is 2. The molecule has 1 amide bonds. The molecular weight excluding hydrogens is 460 g/mol. The van der Waals surface area contributed by atoms with E-state index < -0.39 is 0 Å². The second-order valence-electron chi connectivity index (χ2n) is 8.74. The Morgan fingerprint density at radius 3 is 2.43 bits per heavy atom. The van der Waals surface area contributed by atoms with E-state index in [1.165, 1.54) is 5.56 Å². The van der Waals surface area contributed by atoms with Crippen LogP contribution < -0.4 is 4.90 Å². The van der Waals surface area contributed by atoms with Gasteiger partial charge in [-0.05, 0) is 30.7 Å². The monoisotopic (exact) mass is 486 g/mol. The van der Waals surface area contributed by atoms with E-state index in [0.29, 0.717) is 43.6 Å². The average Bonchev–Trinajstić information content (AvgIpc) is 2.89. The van der Waals surface area contributed by atoms with Crippen molar-refractivity contribution >= 4 is 34.2 Å². The maximum atomic E-state index is 12.7. The first-order valence-electron chi connectivity index (χ1n) is 11.8. The smallest absolute Gasteiger partial charge is 0.248 e. The molecule has 1 aromatic heterocycles. The molecule has 3 aromatic carbocycles. The molecule has 0 atom stereocenters. The molecule has 0 unspecified atom stereocenters. The first kappa shape index (κ1) is 23.3. The predicted octanol–water partition coefficient (Wildman–Crippen LogP) is 5.12. The number of fused-ring (bicyclic) bond motifs is 1. The Hall–Kier alpha value is -3.48. The summed E-state index contributed by atoms with van der Waals surface area (Å²) in [4.78, 5) is 26.5. The van der Waals surface area contributed by atoms with Crippen molar-refractivity contribution in [1.29, 1.82) is 0 Å². The van der Waals surface area contributed by atoms with E-state index in [1.54, 1.807) is 0 Å². The minimum atomic E-state index is 0.0141. The Kier molecular flexibility index (Phi) is 6.93. The average molecular weight is 487 g/mol. The number of piperazine rings is 1. The Labute approximate surface area is 210 Å². The highest BCUT2D eigenvalue weighted by Crippen LogP contribution is 2.30. The van der Waals surface area contributed by atoms with Crippen LogP contribution in [0.2, 0.25) is 5.02 Å². The van der Waals surface area contributed by atoms with E-state index in [1.807, 2.05) is 65.6 Å². The van der Waals surface area contributed by atoms with Crippen LogP contribution in [0.4, 0.5) is 5.82 Å². The molecule has 0 bridgehead atoms. The molecule has 35 heavy (non-hydrogen) atoms. The van der Waals surface area contributed by atoms with E-state index in [-0.39, 0.29) is 12.5 Å². The number of carbonyl (C=O) groups is 1. The summed E-state index contributed by atoms with van der Waals surface area (Å²) in [6, 6.07) is 23.8. The highest BCUT2D eigenvalue weighted by molar-refractivity contribution is 6.31. The lowest BCUT2D eigenvalue weighted by atomic mass is 10.1. The van der Waals surface area contributed by atoms with Crippen molar-refractivity contribution < 1.29 is 9.53 Å². The van der Waals surface area contributed by atoms with Crippen LogP contribution in [0.15, 0.2) is 72.8 Å². The molecule has 1 aliphatic heterocycles. The lowest BCUT2D eigenvalue weighted by Crippen LogP contribution is -2.50. The Morgan fingerprint density at radius 1 is 0.943 bits per heavy atom. The summed E-state index contributed by atoms with van der Waals surface area (Å²) in [5.74, 6) is 1.55. The van der Waals surface area contributed by atoms with Crippen LogP contribution in [0.5, 0.6) is 0 Å². The molecule has 0 aliphatic carbocycles. The number of hydrogen-bond acceptors (Lipinski definition) is 5. The van der Waals surface area contributed by atoms with Crippen molar-refractivity contribution in [3.63, 3.8) is 0 Å². The van der Waals surface area contributed by atoms with Gasteiger partial charge in [-0.3, -0.25) is 4.79 Å². The fraction of sp³-hybridized carbons (Fsp3) is 0.250. The first-order chi connectivity index (χ1) is 17.1. The van der Waals surface area contributed by atoms with Crippen molar-refractivity contribution in [3.05, 3.63) is 88.9 Å². The number of benzene rings is 3. The number of anilines is 1. The second kappa shape index (κ2) is 10.4. The van der Waals surface area contributed by atoms with Crippen LogP contribution in [0.25, 0.3) is 22.3 Å². The third-order valence-corrected chi connectivity index (χ3v) is 6.45. The normalized spacial score (nSPS) is 13.9. The second-order valence-corrected chi connectivity index (χ2v) is 9.18. The van der Waals surface area contributed by atoms with E-state index in [0.717, 1.165) is 27.8 Å². The number of nitrogens with zero attached hydrogens (tertiary/aromatic N) is 4. The summed E-state index contributed by atoms with van der Waals surface area (Å²) in [6.45, 7) is 5.19. The van der Waals surface area contributed by atoms with Gasteiger partial charge in [-0.15, -0.1) is 0 Å². The predicted molar refractivity (Wildman–Crippen MR) is 140 cm³/mol. The Balaban J connectivity index is 1.30. The van der Waals surface area contributed by atoms with Crippen LogP contribution in [0.3, 0.4) is 0 Å². The fourth-order valence-corrected chi connectivity index (χ4v) is 4.41. The molecule has 0 radical (unpaired) electrons. The zero-order chi connectivity index (χ0) is 24.2. The molecule has 0 N–H and O–H groups in total. The number of ether oxygens (including phenoxy) is 1. The van der Waals surface area contributed by atoms with Crippen LogP contribution in [0, 0.1) is 6.92 Å². The van der Waals surface area contributed by atoms with Gasteiger partial charge < -0.3 is 14.5 Å². The number of carbonyl (C=O) groups excluding carboxylic acids is 1. The molecule has 1 aliphatic rings. The molecule has 1 saturated heterocycles. The van der Waals surface area contributed by atoms with Crippen molar-refractivity contribution in [2.45, 2.75) is 13.5 Å². The molecule has 7 heteroatoms. The standard InChI is InChI=1S/C28H27ClN4O2/c1-20-7-9-22(10-8-20)27-30-25-17-23(29)11-12-24(25)28(31-27)33-15-13-32(14-16-33)26(34)19-35-18-21-5-3-2-4-6-21/h2-12,17H,13-16,18-19H2,1H3. The molecule has 1 fully saturated rings. The SMILES string of the molecule is Cc1ccc(-c2nc(N3CCN(C(=O)COCc4ccccc4)CC3)c3ccc(Cl)cc3n2)cc1. The van der Waals surface area contributed by atoms with Crippen molar-refractivity contribution in [3.8, 4) is 11.4 Å². The quantitative estimate of drug-likeness (QED) is 0.378. The number of rotatable bonds is 6. The lowest BCUT2D eigenvalue weighted by molar-refractivity contribution is -0.136. The third-order valence-electron chi connectivity index (χ3n) is 6.22. The molecule has 178 valence electrons. The number of halogens is 1. The van der Waals surface area contributed by atoms with Gasteiger partial charge in [0.15, 0.2) is 5.82 Å². The summed E-state index contributed by atoms with van der Waals surface area (Å²) in [5.41, 5.74) is 4.02. The zero-order valence-electron chi connectivity index (χ0n) is 19.7. The van der Waals surface area contributed by atoms with Crippen molar-refractivity contribution in [2.24, 2.45) is 0 Å². The Bertz CT molecular complexity index is 1320. The molecule has 6 nitrogen and oxygen atoms in total. The summed E-state index contributed by atoms with van der Waals surface area (Å²) in [7, 11) is 0. The molecular formula is C28H27ClN4O2. The molecule has 0 saturated carbocycles. The van der Waals surface area contributed by atoms with Crippen molar-refractivity contribution in [2.75, 3.05) is 37.7 Å². The first-order valence-corrected chi connectivity index (χ1v) is 12.1. The van der Waals surface area contributed by atoms with Crippen LogP contribution >= 0.6 is 11.6 Å². The van der Waals surface area contributed by atoms with Crippen LogP contribution in [-0.2, 0) is 16.1 Å². The highest BCUT2D eigenvalue weighted by Gasteiger charge is 2.24.